The fourth-order valence-electron chi connectivity index (χ4n) is 1.58. The minimum Gasteiger partial charge on any atom is -0.490 e. The molecule has 0 heterocycles. The summed E-state index contributed by atoms with van der Waals surface area (Å²) in [6, 6.07) is 4.58. The standard InChI is InChI=1S/C13H16Cl2N2O3S/c1-13(2,8-16)4-3-5-20-12-10(14)6-9(7-11(12)15)21(17,18)19/h6-7H,3-5H2,1-2H3,(H2,17,18,19). The molecule has 0 aliphatic carbocycles. The Hall–Kier alpha value is -1.00. The van der Waals surface area contributed by atoms with E-state index < -0.39 is 15.4 Å². The number of primary sulfonamides is 1. The van der Waals surface area contributed by atoms with E-state index in [4.69, 9.17) is 38.3 Å². The zero-order valence-electron chi connectivity index (χ0n) is 11.7. The van der Waals surface area contributed by atoms with E-state index in [2.05, 4.69) is 6.07 Å². The topological polar surface area (TPSA) is 93.2 Å². The first-order chi connectivity index (χ1) is 9.57. The maximum atomic E-state index is 11.2. The van der Waals surface area contributed by atoms with Crippen LogP contribution in [0.15, 0.2) is 17.0 Å². The van der Waals surface area contributed by atoms with Crippen LogP contribution in [0.4, 0.5) is 0 Å². The summed E-state index contributed by atoms with van der Waals surface area (Å²) in [5, 5.41) is 14.1. The van der Waals surface area contributed by atoms with Gasteiger partial charge in [-0.25, -0.2) is 13.6 Å². The van der Waals surface area contributed by atoms with Crippen LogP contribution >= 0.6 is 23.2 Å². The lowest BCUT2D eigenvalue weighted by atomic mass is 9.90. The summed E-state index contributed by atoms with van der Waals surface area (Å²) in [7, 11) is -3.87. The lowest BCUT2D eigenvalue weighted by Gasteiger charge is -2.15. The molecular formula is C13H16Cl2N2O3S. The van der Waals surface area contributed by atoms with Gasteiger partial charge in [0.05, 0.1) is 33.0 Å². The third-order valence-electron chi connectivity index (χ3n) is 2.80. The zero-order chi connectivity index (χ0) is 16.3. The van der Waals surface area contributed by atoms with Gasteiger partial charge in [0.25, 0.3) is 0 Å². The molecule has 0 aromatic heterocycles. The Labute approximate surface area is 134 Å². The Morgan fingerprint density at radius 1 is 1.33 bits per heavy atom. The molecule has 1 rings (SSSR count). The number of nitrogens with two attached hydrogens (primary N) is 1. The second kappa shape index (κ2) is 6.84. The van der Waals surface area contributed by atoms with Crippen LogP contribution < -0.4 is 9.88 Å². The van der Waals surface area contributed by atoms with Crippen molar-refractivity contribution in [3.8, 4) is 11.8 Å². The van der Waals surface area contributed by atoms with Crippen LogP contribution in [0.25, 0.3) is 0 Å². The normalized spacial score (nSPS) is 12.0. The molecule has 0 amide bonds. The summed E-state index contributed by atoms with van der Waals surface area (Å²) < 4.78 is 27.9. The van der Waals surface area contributed by atoms with Crippen molar-refractivity contribution in [1.29, 1.82) is 5.26 Å². The summed E-state index contributed by atoms with van der Waals surface area (Å²) in [6.07, 6.45) is 1.30. The minimum atomic E-state index is -3.87. The molecule has 0 saturated carbocycles. The zero-order valence-corrected chi connectivity index (χ0v) is 14.0. The molecule has 21 heavy (non-hydrogen) atoms. The van der Waals surface area contributed by atoms with Gasteiger partial charge < -0.3 is 4.74 Å². The lowest BCUT2D eigenvalue weighted by molar-refractivity contribution is 0.284. The van der Waals surface area contributed by atoms with Gasteiger partial charge in [-0.1, -0.05) is 23.2 Å². The van der Waals surface area contributed by atoms with Crippen molar-refractivity contribution in [1.82, 2.24) is 0 Å². The van der Waals surface area contributed by atoms with Gasteiger partial charge in [0.15, 0.2) is 5.75 Å². The molecule has 1 aromatic rings. The molecule has 116 valence electrons. The molecule has 0 fully saturated rings. The van der Waals surface area contributed by atoms with E-state index in [0.717, 1.165) is 0 Å². The van der Waals surface area contributed by atoms with Gasteiger partial charge in [-0.3, -0.25) is 0 Å². The molecular weight excluding hydrogens is 335 g/mol. The van der Waals surface area contributed by atoms with Gasteiger partial charge in [0.2, 0.25) is 10.0 Å². The van der Waals surface area contributed by atoms with Gasteiger partial charge in [0.1, 0.15) is 0 Å². The number of nitriles is 1. The average Bonchev–Trinajstić information content (AvgIpc) is 2.35. The Balaban J connectivity index is 2.76. The lowest BCUT2D eigenvalue weighted by Crippen LogP contribution is -2.13. The molecule has 0 aliphatic rings. The van der Waals surface area contributed by atoms with Crippen molar-refractivity contribution in [2.75, 3.05) is 6.61 Å². The maximum absolute atomic E-state index is 11.2. The van der Waals surface area contributed by atoms with Crippen LogP contribution in [0.2, 0.25) is 10.0 Å². The quantitative estimate of drug-likeness (QED) is 0.796. The number of sulfonamides is 1. The van der Waals surface area contributed by atoms with Crippen LogP contribution in [-0.2, 0) is 10.0 Å². The molecule has 8 heteroatoms. The molecule has 0 radical (unpaired) electrons. The molecule has 0 aliphatic heterocycles. The predicted molar refractivity (Wildman–Crippen MR) is 82.0 cm³/mol. The van der Waals surface area contributed by atoms with E-state index in [1.807, 2.05) is 13.8 Å². The van der Waals surface area contributed by atoms with Crippen LogP contribution in [-0.4, -0.2) is 15.0 Å². The third-order valence-corrected chi connectivity index (χ3v) is 4.25. The Bertz CT molecular complexity index is 643. The Kier molecular flexibility index (Phi) is 5.88. The van der Waals surface area contributed by atoms with E-state index in [-0.39, 0.29) is 20.7 Å². The van der Waals surface area contributed by atoms with E-state index in [1.165, 1.54) is 12.1 Å². The van der Waals surface area contributed by atoms with Crippen molar-refractivity contribution >= 4 is 33.2 Å². The summed E-state index contributed by atoms with van der Waals surface area (Å²) in [5.41, 5.74) is -0.422. The number of ether oxygens (including phenoxy) is 1. The highest BCUT2D eigenvalue weighted by molar-refractivity contribution is 7.89. The first-order valence-corrected chi connectivity index (χ1v) is 8.43. The van der Waals surface area contributed by atoms with E-state index >= 15 is 0 Å². The number of benzene rings is 1. The van der Waals surface area contributed by atoms with Crippen LogP contribution in [0.5, 0.6) is 5.75 Å². The van der Waals surface area contributed by atoms with Crippen molar-refractivity contribution in [2.24, 2.45) is 10.6 Å². The summed E-state index contributed by atoms with van der Waals surface area (Å²) in [6.45, 7) is 4.00. The second-order valence-electron chi connectivity index (χ2n) is 5.21. The third kappa shape index (κ3) is 5.36. The van der Waals surface area contributed by atoms with Gasteiger partial charge in [-0.15, -0.1) is 0 Å². The Morgan fingerprint density at radius 3 is 2.29 bits per heavy atom. The minimum absolute atomic E-state index is 0.0751. The van der Waals surface area contributed by atoms with Crippen molar-refractivity contribution in [3.63, 3.8) is 0 Å². The van der Waals surface area contributed by atoms with Gasteiger partial charge >= 0.3 is 0 Å². The molecule has 0 unspecified atom stereocenters. The largest absolute Gasteiger partial charge is 0.490 e. The predicted octanol–water partition coefficient (Wildman–Crippen LogP) is 3.35. The second-order valence-corrected chi connectivity index (χ2v) is 7.58. The SMILES string of the molecule is CC(C)(C#N)CCCOc1c(Cl)cc(S(N)(=O)=O)cc1Cl. The fraction of sp³-hybridized carbons (Fsp3) is 0.462. The first-order valence-electron chi connectivity index (χ1n) is 6.13. The van der Waals surface area contributed by atoms with Crippen LogP contribution in [0.1, 0.15) is 26.7 Å². The molecule has 1 aromatic carbocycles. The molecule has 2 N–H and O–H groups in total. The molecule has 0 atom stereocenters. The van der Waals surface area contributed by atoms with Crippen molar-refractivity contribution in [2.45, 2.75) is 31.6 Å². The molecule has 0 spiro atoms. The highest BCUT2D eigenvalue weighted by Crippen LogP contribution is 2.35. The van der Waals surface area contributed by atoms with E-state index in [1.54, 1.807) is 0 Å². The highest BCUT2D eigenvalue weighted by atomic mass is 35.5. The Morgan fingerprint density at radius 2 is 1.86 bits per heavy atom. The summed E-state index contributed by atoms with van der Waals surface area (Å²) >= 11 is 11.9. The number of rotatable bonds is 6. The van der Waals surface area contributed by atoms with Gasteiger partial charge in [-0.2, -0.15) is 5.26 Å². The summed E-state index contributed by atoms with van der Waals surface area (Å²) in [5.74, 6) is 0.209. The monoisotopic (exact) mass is 350 g/mol. The fourth-order valence-corrected chi connectivity index (χ4v) is 2.87. The molecule has 0 bridgehead atoms. The van der Waals surface area contributed by atoms with E-state index in [9.17, 15) is 8.42 Å². The smallest absolute Gasteiger partial charge is 0.238 e. The highest BCUT2D eigenvalue weighted by Gasteiger charge is 2.18. The summed E-state index contributed by atoms with van der Waals surface area (Å²) in [4.78, 5) is -0.171. The van der Waals surface area contributed by atoms with Crippen LogP contribution in [0, 0.1) is 16.7 Å². The van der Waals surface area contributed by atoms with E-state index in [0.29, 0.717) is 19.4 Å². The molecule has 5 nitrogen and oxygen atoms in total. The number of hydrogen-bond donors (Lipinski definition) is 1. The van der Waals surface area contributed by atoms with Crippen molar-refractivity contribution in [3.05, 3.63) is 22.2 Å². The number of hydrogen-bond acceptors (Lipinski definition) is 4. The average molecular weight is 351 g/mol. The van der Waals surface area contributed by atoms with Crippen molar-refractivity contribution < 1.29 is 13.2 Å². The maximum Gasteiger partial charge on any atom is 0.238 e. The number of nitrogens with zero attached hydrogens (tertiary/aromatic N) is 1. The first kappa shape index (κ1) is 18.1. The van der Waals surface area contributed by atoms with Crippen LogP contribution in [0.3, 0.4) is 0 Å². The van der Waals surface area contributed by atoms with Gasteiger partial charge in [-0.05, 0) is 38.8 Å². The molecule has 0 saturated heterocycles. The van der Waals surface area contributed by atoms with Gasteiger partial charge in [0, 0.05) is 0 Å². The number of halogens is 2.